The Bertz CT molecular complexity index is 351. The molecule has 0 saturated heterocycles. The van der Waals surface area contributed by atoms with E-state index in [2.05, 4.69) is 5.32 Å². The smallest absolute Gasteiger partial charge is 0.224 e. The van der Waals surface area contributed by atoms with Crippen molar-refractivity contribution in [3.8, 4) is 0 Å². The van der Waals surface area contributed by atoms with E-state index in [4.69, 9.17) is 18.0 Å². The molecule has 0 radical (unpaired) electrons. The molecular formula is C12H16N2OS. The second-order valence-electron chi connectivity index (χ2n) is 3.58. The van der Waals surface area contributed by atoms with E-state index >= 15 is 0 Å². The maximum atomic E-state index is 11.5. The van der Waals surface area contributed by atoms with Gasteiger partial charge in [-0.2, -0.15) is 0 Å². The highest BCUT2D eigenvalue weighted by Crippen LogP contribution is 1.99. The second-order valence-corrected chi connectivity index (χ2v) is 4.11. The molecule has 1 aromatic carbocycles. The summed E-state index contributed by atoms with van der Waals surface area (Å²) >= 11 is 4.74. The second kappa shape index (κ2) is 6.95. The van der Waals surface area contributed by atoms with Gasteiger partial charge in [0.1, 0.15) is 0 Å². The normalized spacial score (nSPS) is 9.75. The summed E-state index contributed by atoms with van der Waals surface area (Å²) in [5, 5.41) is 2.83. The van der Waals surface area contributed by atoms with Gasteiger partial charge in [-0.05, 0) is 18.4 Å². The summed E-state index contributed by atoms with van der Waals surface area (Å²) < 4.78 is 0. The van der Waals surface area contributed by atoms with Gasteiger partial charge in [0, 0.05) is 6.54 Å². The van der Waals surface area contributed by atoms with Crippen LogP contribution in [0.3, 0.4) is 0 Å². The maximum Gasteiger partial charge on any atom is 0.224 e. The lowest BCUT2D eigenvalue weighted by atomic mass is 10.1. The molecule has 1 rings (SSSR count). The Morgan fingerprint density at radius 2 is 2.00 bits per heavy atom. The maximum absolute atomic E-state index is 11.5. The van der Waals surface area contributed by atoms with Crippen LogP contribution in [0, 0.1) is 0 Å². The van der Waals surface area contributed by atoms with Crippen molar-refractivity contribution >= 4 is 23.1 Å². The molecule has 0 aliphatic heterocycles. The standard InChI is InChI=1S/C12H16N2OS/c13-11(16)7-4-8-14-12(15)9-10-5-2-1-3-6-10/h1-3,5-6H,4,7-9H2,(H2,13,16)(H,14,15). The van der Waals surface area contributed by atoms with Crippen molar-refractivity contribution in [3.63, 3.8) is 0 Å². The SMILES string of the molecule is NC(=S)CCCNC(=O)Cc1ccccc1. The minimum atomic E-state index is 0.0362. The molecule has 0 aliphatic carbocycles. The van der Waals surface area contributed by atoms with Crippen molar-refractivity contribution in [3.05, 3.63) is 35.9 Å². The first-order chi connectivity index (χ1) is 7.68. The summed E-state index contributed by atoms with van der Waals surface area (Å²) in [6.07, 6.45) is 1.91. The predicted octanol–water partition coefficient (Wildman–Crippen LogP) is 1.41. The van der Waals surface area contributed by atoms with Crippen LogP contribution < -0.4 is 11.1 Å². The van der Waals surface area contributed by atoms with Crippen LogP contribution in [0.2, 0.25) is 0 Å². The first-order valence-electron chi connectivity index (χ1n) is 5.27. The fraction of sp³-hybridized carbons (Fsp3) is 0.333. The Balaban J connectivity index is 2.19. The number of nitrogens with two attached hydrogens (primary N) is 1. The number of hydrogen-bond donors (Lipinski definition) is 2. The summed E-state index contributed by atoms with van der Waals surface area (Å²) in [4.78, 5) is 12.0. The number of rotatable bonds is 6. The number of amides is 1. The molecule has 0 fully saturated rings. The van der Waals surface area contributed by atoms with Crippen LogP contribution in [0.15, 0.2) is 30.3 Å². The van der Waals surface area contributed by atoms with E-state index in [1.807, 2.05) is 30.3 Å². The van der Waals surface area contributed by atoms with Gasteiger partial charge in [0.2, 0.25) is 5.91 Å². The molecule has 0 bridgehead atoms. The topological polar surface area (TPSA) is 55.1 Å². The third-order valence-electron chi connectivity index (χ3n) is 2.13. The van der Waals surface area contributed by atoms with Gasteiger partial charge in [-0.1, -0.05) is 42.5 Å². The molecule has 16 heavy (non-hydrogen) atoms. The average Bonchev–Trinajstić information content (AvgIpc) is 2.25. The van der Waals surface area contributed by atoms with Gasteiger partial charge < -0.3 is 11.1 Å². The molecule has 3 nitrogen and oxygen atoms in total. The van der Waals surface area contributed by atoms with Crippen molar-refractivity contribution in [2.45, 2.75) is 19.3 Å². The number of hydrogen-bond acceptors (Lipinski definition) is 2. The Kier molecular flexibility index (Phi) is 5.50. The molecule has 86 valence electrons. The molecule has 0 unspecified atom stereocenters. The molecule has 0 aliphatic rings. The summed E-state index contributed by atoms with van der Waals surface area (Å²) in [7, 11) is 0. The molecule has 0 aromatic heterocycles. The first-order valence-corrected chi connectivity index (χ1v) is 5.68. The van der Waals surface area contributed by atoms with Gasteiger partial charge in [0.15, 0.2) is 0 Å². The fourth-order valence-electron chi connectivity index (χ4n) is 1.33. The van der Waals surface area contributed by atoms with Gasteiger partial charge in [-0.25, -0.2) is 0 Å². The monoisotopic (exact) mass is 236 g/mol. The van der Waals surface area contributed by atoms with Crippen molar-refractivity contribution in [2.75, 3.05) is 6.54 Å². The first kappa shape index (κ1) is 12.6. The number of carbonyl (C=O) groups is 1. The minimum Gasteiger partial charge on any atom is -0.393 e. The number of carbonyl (C=O) groups excluding carboxylic acids is 1. The summed E-state index contributed by atoms with van der Waals surface area (Å²) in [6.45, 7) is 0.628. The van der Waals surface area contributed by atoms with Crippen LogP contribution in [-0.2, 0) is 11.2 Å². The molecule has 0 heterocycles. The highest BCUT2D eigenvalue weighted by atomic mass is 32.1. The van der Waals surface area contributed by atoms with Gasteiger partial charge in [-0.3, -0.25) is 4.79 Å². The molecule has 0 saturated carbocycles. The third kappa shape index (κ3) is 5.46. The van der Waals surface area contributed by atoms with Crippen molar-refractivity contribution in [1.29, 1.82) is 0 Å². The lowest BCUT2D eigenvalue weighted by Gasteiger charge is -2.04. The number of benzene rings is 1. The molecule has 3 N–H and O–H groups in total. The average molecular weight is 236 g/mol. The lowest BCUT2D eigenvalue weighted by molar-refractivity contribution is -0.120. The van der Waals surface area contributed by atoms with Crippen molar-refractivity contribution in [1.82, 2.24) is 5.32 Å². The number of thiocarbonyl (C=S) groups is 1. The van der Waals surface area contributed by atoms with E-state index in [1.165, 1.54) is 0 Å². The summed E-state index contributed by atoms with van der Waals surface area (Å²) in [5.41, 5.74) is 6.37. The van der Waals surface area contributed by atoms with Crippen molar-refractivity contribution in [2.24, 2.45) is 5.73 Å². The van der Waals surface area contributed by atoms with Crippen LogP contribution in [0.1, 0.15) is 18.4 Å². The number of nitrogens with one attached hydrogen (secondary N) is 1. The lowest BCUT2D eigenvalue weighted by Crippen LogP contribution is -2.26. The molecule has 0 atom stereocenters. The van der Waals surface area contributed by atoms with E-state index in [1.54, 1.807) is 0 Å². The predicted molar refractivity (Wildman–Crippen MR) is 69.2 cm³/mol. The Labute approximate surface area is 101 Å². The zero-order valence-electron chi connectivity index (χ0n) is 9.11. The van der Waals surface area contributed by atoms with Crippen LogP contribution in [-0.4, -0.2) is 17.4 Å². The summed E-state index contributed by atoms with van der Waals surface area (Å²) in [5.74, 6) is 0.0362. The molecule has 1 amide bonds. The molecule has 1 aromatic rings. The van der Waals surface area contributed by atoms with E-state index in [-0.39, 0.29) is 5.91 Å². The Morgan fingerprint density at radius 1 is 1.31 bits per heavy atom. The molecule has 0 spiro atoms. The Hall–Kier alpha value is -1.42. The minimum absolute atomic E-state index is 0.0362. The van der Waals surface area contributed by atoms with E-state index in [0.29, 0.717) is 24.4 Å². The molecular weight excluding hydrogens is 220 g/mol. The Morgan fingerprint density at radius 3 is 2.62 bits per heavy atom. The van der Waals surface area contributed by atoms with Crippen molar-refractivity contribution < 1.29 is 4.79 Å². The highest BCUT2D eigenvalue weighted by molar-refractivity contribution is 7.80. The van der Waals surface area contributed by atoms with Crippen LogP contribution in [0.5, 0.6) is 0 Å². The van der Waals surface area contributed by atoms with Crippen LogP contribution in [0.25, 0.3) is 0 Å². The van der Waals surface area contributed by atoms with Gasteiger partial charge in [0.25, 0.3) is 0 Å². The molecule has 4 heteroatoms. The summed E-state index contributed by atoms with van der Waals surface area (Å²) in [6, 6.07) is 9.66. The van der Waals surface area contributed by atoms with E-state index in [9.17, 15) is 4.79 Å². The van der Waals surface area contributed by atoms with Crippen LogP contribution in [0.4, 0.5) is 0 Å². The highest BCUT2D eigenvalue weighted by Gasteiger charge is 2.01. The quantitative estimate of drug-likeness (QED) is 0.580. The third-order valence-corrected chi connectivity index (χ3v) is 2.33. The van der Waals surface area contributed by atoms with Crippen LogP contribution >= 0.6 is 12.2 Å². The zero-order valence-corrected chi connectivity index (χ0v) is 9.93. The van der Waals surface area contributed by atoms with Gasteiger partial charge in [0.05, 0.1) is 11.4 Å². The van der Waals surface area contributed by atoms with E-state index in [0.717, 1.165) is 12.0 Å². The fourth-order valence-corrected chi connectivity index (χ4v) is 1.48. The van der Waals surface area contributed by atoms with E-state index < -0.39 is 0 Å². The van der Waals surface area contributed by atoms with Gasteiger partial charge >= 0.3 is 0 Å². The zero-order chi connectivity index (χ0) is 11.8. The largest absolute Gasteiger partial charge is 0.393 e. The van der Waals surface area contributed by atoms with Gasteiger partial charge in [-0.15, -0.1) is 0 Å².